The van der Waals surface area contributed by atoms with Crippen LogP contribution in [0.25, 0.3) is 149 Å². The minimum absolute atomic E-state index is 0.187. The van der Waals surface area contributed by atoms with Gasteiger partial charge in [-0.1, -0.05) is 255 Å². The maximum Gasteiger partial charge on any atom is 0.235 e. The van der Waals surface area contributed by atoms with Gasteiger partial charge in [0.2, 0.25) is 11.2 Å². The third kappa shape index (κ3) is 9.61. The Hall–Kier alpha value is -11.6. The quantitative estimate of drug-likeness (QED) is 0.161. The molecule has 5 nitrogen and oxygen atoms in total. The lowest BCUT2D eigenvalue weighted by molar-refractivity contribution is -0.0399. The molecule has 0 radical (unpaired) electrons. The van der Waals surface area contributed by atoms with Gasteiger partial charge < -0.3 is 0 Å². The van der Waals surface area contributed by atoms with Gasteiger partial charge in [0.1, 0.15) is 0 Å². The van der Waals surface area contributed by atoms with Gasteiger partial charge in [-0.05, 0) is 289 Å². The van der Waals surface area contributed by atoms with E-state index in [1.807, 2.05) is 54.6 Å². The molecular weight excluding hydrogens is 1370 g/mol. The van der Waals surface area contributed by atoms with Crippen LogP contribution in [0, 0.1) is 47.3 Å². The summed E-state index contributed by atoms with van der Waals surface area (Å²) >= 11 is 5.95. The van der Waals surface area contributed by atoms with Crippen LogP contribution in [0.1, 0.15) is 97.6 Å². The Labute approximate surface area is 651 Å². The van der Waals surface area contributed by atoms with Crippen LogP contribution in [0.4, 0.5) is 0 Å². The van der Waals surface area contributed by atoms with Crippen molar-refractivity contribution in [2.75, 3.05) is 0 Å². The van der Waals surface area contributed by atoms with Crippen LogP contribution in [-0.4, -0.2) is 24.5 Å². The van der Waals surface area contributed by atoms with Crippen molar-refractivity contribution < 1.29 is 0 Å². The van der Waals surface area contributed by atoms with E-state index in [9.17, 15) is 0 Å². The van der Waals surface area contributed by atoms with Gasteiger partial charge in [0.15, 0.2) is 0 Å². The number of hydrogen-bond donors (Lipinski definition) is 0. The summed E-state index contributed by atoms with van der Waals surface area (Å²) in [6, 6.07) is 112. The molecule has 11 aliphatic rings. The largest absolute Gasteiger partial charge is 0.278 e. The SMILES string of the molecule is Clc1nc(-c2ccccc2)c2ccccc2n1.c1ccc(-c2nc(-n3c4ccc(-c5ccc6c(c5)-c5ccccc5C65C6CC7CC(C6)CC5C7)cc4c4c5ccccc5ccc43)nc3ccccc23)cc1.c1ccc2c(c1)-c1cc(-c3ccc4c(c3)-c3c(ccc5ccccc35)C4)ccc1C21C2CC3CC(C2)CC1C3. The number of rotatable bonds is 5. The fourth-order valence-electron chi connectivity index (χ4n) is 24.8. The Bertz CT molecular complexity index is 6690. The molecule has 532 valence electrons. The molecule has 6 heteroatoms. The van der Waals surface area contributed by atoms with Crippen LogP contribution in [0.15, 0.2) is 303 Å². The molecule has 0 saturated heterocycles. The van der Waals surface area contributed by atoms with Gasteiger partial charge in [-0.15, -0.1) is 0 Å². The van der Waals surface area contributed by atoms with E-state index in [1.165, 1.54) is 163 Å². The number of halogens is 1. The van der Waals surface area contributed by atoms with Crippen molar-refractivity contribution >= 4 is 76.8 Å². The van der Waals surface area contributed by atoms with Crippen molar-refractivity contribution in [2.45, 2.75) is 81.5 Å². The molecule has 3 heterocycles. The highest BCUT2D eigenvalue weighted by Gasteiger charge is 2.63. The van der Waals surface area contributed by atoms with Crippen molar-refractivity contribution in [1.82, 2.24) is 24.5 Å². The molecular formula is C105H80ClN5. The van der Waals surface area contributed by atoms with E-state index in [0.29, 0.717) is 5.95 Å². The molecule has 0 atom stereocenters. The monoisotopic (exact) mass is 1450 g/mol. The van der Waals surface area contributed by atoms with Gasteiger partial charge in [0.05, 0.1) is 33.5 Å². The van der Waals surface area contributed by atoms with Crippen LogP contribution >= 0.6 is 11.6 Å². The number of benzene rings is 14. The smallest absolute Gasteiger partial charge is 0.235 e. The summed E-state index contributed by atoms with van der Waals surface area (Å²) < 4.78 is 2.29. The van der Waals surface area contributed by atoms with Crippen molar-refractivity contribution in [3.8, 4) is 84.1 Å². The molecule has 8 fully saturated rings. The number of fused-ring (bicyclic) bond motifs is 18. The Balaban J connectivity index is 0.000000111. The second-order valence-electron chi connectivity index (χ2n) is 34.1. The zero-order chi connectivity index (χ0) is 72.8. The first-order chi connectivity index (χ1) is 54.8. The lowest BCUT2D eigenvalue weighted by atomic mass is 9.43. The molecule has 17 aromatic rings. The first kappa shape index (κ1) is 64.2. The summed E-state index contributed by atoms with van der Waals surface area (Å²) in [5.41, 5.74) is 32.0. The van der Waals surface area contributed by atoms with E-state index in [-0.39, 0.29) is 16.1 Å². The molecule has 111 heavy (non-hydrogen) atoms. The standard InChI is InChI=1S/C52H39N3.C39H32.C14H9ClN2/c1-2-11-34(12-3-1)50-41-15-7-9-17-46(41)53-51(54-50)55-47-22-20-36(30-43(47)49-39-13-5-4-10-33(39)19-23-48(49)55)35-18-21-45-42(29-35)40-14-6-8-16-44(40)52(45)37-25-31-24-32(27-37)28-38(52)26-31;1-2-6-32-25(5-1)9-12-29-20-28-11-10-26(21-34(28)38(29)32)27-13-14-37-35(22-27)33-7-3-4-8-36(33)39(37)30-16-23-15-24(18-30)19-31(39)17-23;15-14-16-12-9-5-4-8-11(12)13(17-14)10-6-2-1-3-7-10/h1-23,29-32,37-38H,24-28H2;1-14,21-24,30-31H,15-20H2;1-9H. The molecule has 8 bridgehead atoms. The van der Waals surface area contributed by atoms with Crippen molar-refractivity contribution in [3.05, 3.63) is 342 Å². The average molecular weight is 1450 g/mol. The summed E-state index contributed by atoms with van der Waals surface area (Å²) in [4.78, 5) is 19.2. The molecule has 2 spiro atoms. The normalized spacial score (nSPS) is 23.2. The van der Waals surface area contributed by atoms with Gasteiger partial charge in [-0.25, -0.2) is 19.9 Å². The van der Waals surface area contributed by atoms with Crippen LogP contribution in [0.2, 0.25) is 5.28 Å². The summed E-state index contributed by atoms with van der Waals surface area (Å²) in [6.07, 6.45) is 15.4. The van der Waals surface area contributed by atoms with E-state index in [4.69, 9.17) is 21.6 Å². The lowest BCUT2D eigenvalue weighted by Crippen LogP contribution is -2.55. The maximum absolute atomic E-state index is 5.95. The molecule has 0 unspecified atom stereocenters. The lowest BCUT2D eigenvalue weighted by Gasteiger charge is -2.61. The van der Waals surface area contributed by atoms with Crippen molar-refractivity contribution in [2.24, 2.45) is 47.3 Å². The van der Waals surface area contributed by atoms with Crippen LogP contribution in [0.3, 0.4) is 0 Å². The minimum Gasteiger partial charge on any atom is -0.278 e. The number of nitrogens with zero attached hydrogens (tertiary/aromatic N) is 5. The van der Waals surface area contributed by atoms with Gasteiger partial charge in [0.25, 0.3) is 0 Å². The van der Waals surface area contributed by atoms with Gasteiger partial charge in [0, 0.05) is 43.5 Å². The van der Waals surface area contributed by atoms with E-state index in [0.717, 1.165) is 109 Å². The second-order valence-corrected chi connectivity index (χ2v) is 34.4. The highest BCUT2D eigenvalue weighted by molar-refractivity contribution is 6.29. The summed E-state index contributed by atoms with van der Waals surface area (Å²) in [6.45, 7) is 0. The molecule has 0 amide bonds. The first-order valence-corrected chi connectivity index (χ1v) is 41.1. The fraction of sp³-hybridized carbons (Fsp3) is 0.200. The van der Waals surface area contributed by atoms with E-state index < -0.39 is 0 Å². The maximum atomic E-state index is 5.95. The zero-order valence-corrected chi connectivity index (χ0v) is 62.6. The third-order valence-electron chi connectivity index (χ3n) is 28.7. The van der Waals surface area contributed by atoms with Crippen molar-refractivity contribution in [1.29, 1.82) is 0 Å². The first-order valence-electron chi connectivity index (χ1n) is 40.7. The van der Waals surface area contributed by atoms with E-state index in [1.54, 1.807) is 22.3 Å². The topological polar surface area (TPSA) is 56.5 Å². The minimum atomic E-state index is 0.187. The molecule has 0 N–H and O–H groups in total. The number of hydrogen-bond acceptors (Lipinski definition) is 4. The third-order valence-corrected chi connectivity index (χ3v) is 28.8. The zero-order valence-electron chi connectivity index (χ0n) is 61.9. The fourth-order valence-corrected chi connectivity index (χ4v) is 25.0. The molecule has 28 rings (SSSR count). The van der Waals surface area contributed by atoms with Crippen LogP contribution in [0.5, 0.6) is 0 Å². The Morgan fingerprint density at radius 3 is 1.30 bits per heavy atom. The van der Waals surface area contributed by atoms with Crippen LogP contribution in [-0.2, 0) is 17.3 Å². The molecule has 8 saturated carbocycles. The Morgan fingerprint density at radius 2 is 0.712 bits per heavy atom. The summed E-state index contributed by atoms with van der Waals surface area (Å²) in [7, 11) is 0. The van der Waals surface area contributed by atoms with Crippen molar-refractivity contribution in [3.63, 3.8) is 0 Å². The molecule has 11 aliphatic carbocycles. The van der Waals surface area contributed by atoms with Crippen LogP contribution < -0.4 is 0 Å². The molecule has 3 aromatic heterocycles. The summed E-state index contributed by atoms with van der Waals surface area (Å²) in [5.74, 6) is 7.74. The predicted molar refractivity (Wildman–Crippen MR) is 456 cm³/mol. The van der Waals surface area contributed by atoms with Gasteiger partial charge in [-0.2, -0.15) is 0 Å². The number of para-hydroxylation sites is 2. The van der Waals surface area contributed by atoms with Gasteiger partial charge in [-0.3, -0.25) is 4.57 Å². The summed E-state index contributed by atoms with van der Waals surface area (Å²) in [5, 5.41) is 10.0. The van der Waals surface area contributed by atoms with E-state index in [2.05, 4.69) is 263 Å². The van der Waals surface area contributed by atoms with Gasteiger partial charge >= 0.3 is 0 Å². The molecule has 0 aliphatic heterocycles. The highest BCUT2D eigenvalue weighted by atomic mass is 35.5. The Morgan fingerprint density at radius 1 is 0.288 bits per heavy atom. The number of aromatic nitrogens is 5. The molecule has 14 aromatic carbocycles. The average Bonchev–Trinajstić information content (AvgIpc) is 1.58. The Kier molecular flexibility index (Phi) is 14.3. The highest BCUT2D eigenvalue weighted by Crippen LogP contribution is 2.71. The second kappa shape index (κ2) is 24.7. The predicted octanol–water partition coefficient (Wildman–Crippen LogP) is 26.7. The van der Waals surface area contributed by atoms with E-state index >= 15 is 0 Å².